The predicted molar refractivity (Wildman–Crippen MR) is 108 cm³/mol. The van der Waals surface area contributed by atoms with Crippen molar-refractivity contribution in [3.63, 3.8) is 0 Å². The molecule has 0 spiro atoms. The van der Waals surface area contributed by atoms with Crippen LogP contribution in [0.3, 0.4) is 0 Å². The summed E-state index contributed by atoms with van der Waals surface area (Å²) in [7, 11) is 0. The van der Waals surface area contributed by atoms with Gasteiger partial charge in [-0.25, -0.2) is 0 Å². The van der Waals surface area contributed by atoms with E-state index in [1.807, 2.05) is 48.5 Å². The molecule has 0 aliphatic heterocycles. The Hall–Kier alpha value is -1.79. The van der Waals surface area contributed by atoms with E-state index in [2.05, 4.69) is 33.5 Å². The summed E-state index contributed by atoms with van der Waals surface area (Å²) in [6, 6.07) is 15.0. The van der Waals surface area contributed by atoms with Crippen LogP contribution in [0.25, 0.3) is 0 Å². The van der Waals surface area contributed by atoms with Crippen LogP contribution in [0.15, 0.2) is 57.9 Å². The van der Waals surface area contributed by atoms with Crippen LogP contribution in [-0.2, 0) is 9.59 Å². The maximum absolute atomic E-state index is 12.0. The lowest BCUT2D eigenvalue weighted by Crippen LogP contribution is -2.13. The van der Waals surface area contributed by atoms with Crippen molar-refractivity contribution in [3.8, 4) is 0 Å². The Labute approximate surface area is 160 Å². The molecule has 132 valence electrons. The highest BCUT2D eigenvalue weighted by molar-refractivity contribution is 9.10. The summed E-state index contributed by atoms with van der Waals surface area (Å²) in [6.45, 7) is 2.06. The average Bonchev–Trinajstić information content (AvgIpc) is 2.61. The molecule has 0 saturated carbocycles. The molecule has 2 rings (SSSR count). The largest absolute Gasteiger partial charge is 0.326 e. The number of hydrogen-bond acceptors (Lipinski definition) is 3. The van der Waals surface area contributed by atoms with Gasteiger partial charge >= 0.3 is 0 Å². The topological polar surface area (TPSA) is 58.2 Å². The van der Waals surface area contributed by atoms with Crippen LogP contribution in [0, 0.1) is 0 Å². The summed E-state index contributed by atoms with van der Waals surface area (Å²) in [5, 5.41) is 5.73. The van der Waals surface area contributed by atoms with Crippen molar-refractivity contribution in [2.45, 2.75) is 31.1 Å². The number of amides is 2. The van der Waals surface area contributed by atoms with Crippen molar-refractivity contribution in [1.82, 2.24) is 0 Å². The first-order chi connectivity index (χ1) is 12.1. The molecule has 0 heterocycles. The lowest BCUT2D eigenvalue weighted by molar-refractivity contribution is -0.116. The maximum atomic E-state index is 12.0. The van der Waals surface area contributed by atoms with E-state index in [0.29, 0.717) is 12.2 Å². The van der Waals surface area contributed by atoms with Crippen LogP contribution < -0.4 is 10.6 Å². The summed E-state index contributed by atoms with van der Waals surface area (Å²) in [6.07, 6.45) is 2.45. The summed E-state index contributed by atoms with van der Waals surface area (Å²) in [4.78, 5) is 24.7. The molecule has 0 atom stereocenters. The number of carbonyl (C=O) groups excluding carboxylic acids is 2. The first kappa shape index (κ1) is 19.5. The molecule has 0 unspecified atom stereocenters. The van der Waals surface area contributed by atoms with Crippen molar-refractivity contribution >= 4 is 50.9 Å². The van der Waals surface area contributed by atoms with Gasteiger partial charge in [-0.15, -0.1) is 11.8 Å². The third kappa shape index (κ3) is 7.32. The number of benzene rings is 2. The molecule has 0 fully saturated rings. The second-order valence-electron chi connectivity index (χ2n) is 5.52. The Morgan fingerprint density at radius 1 is 0.920 bits per heavy atom. The van der Waals surface area contributed by atoms with E-state index < -0.39 is 0 Å². The summed E-state index contributed by atoms with van der Waals surface area (Å²) in [5.41, 5.74) is 1.56. The number of nitrogens with one attached hydrogen (secondary N) is 2. The van der Waals surface area contributed by atoms with Crippen molar-refractivity contribution in [2.24, 2.45) is 0 Å². The van der Waals surface area contributed by atoms with Gasteiger partial charge in [0, 0.05) is 27.2 Å². The molecule has 6 heteroatoms. The summed E-state index contributed by atoms with van der Waals surface area (Å²) in [5.74, 6) is 0.318. The van der Waals surface area contributed by atoms with Crippen LogP contribution >= 0.6 is 27.7 Å². The highest BCUT2D eigenvalue weighted by Crippen LogP contribution is 2.21. The standard InChI is InChI=1S/C19H21BrN2O2S/c1-2-3-4-18(23)21-16-9-11-17(12-10-16)25-13-19(24)22-15-7-5-14(20)6-8-15/h5-12H,2-4,13H2,1H3,(H,21,23)(H,22,24). The number of unbranched alkanes of at least 4 members (excludes halogenated alkanes) is 1. The van der Waals surface area contributed by atoms with E-state index in [-0.39, 0.29) is 11.8 Å². The van der Waals surface area contributed by atoms with Crippen LogP contribution in [0.4, 0.5) is 11.4 Å². The van der Waals surface area contributed by atoms with E-state index in [1.54, 1.807) is 0 Å². The van der Waals surface area contributed by atoms with E-state index in [0.717, 1.165) is 33.6 Å². The van der Waals surface area contributed by atoms with Gasteiger partial charge in [-0.3, -0.25) is 9.59 Å². The van der Waals surface area contributed by atoms with Gasteiger partial charge in [0.05, 0.1) is 5.75 Å². The minimum atomic E-state index is -0.0516. The van der Waals surface area contributed by atoms with Gasteiger partial charge in [0.1, 0.15) is 0 Å². The van der Waals surface area contributed by atoms with Crippen molar-refractivity contribution in [2.75, 3.05) is 16.4 Å². The zero-order chi connectivity index (χ0) is 18.1. The Morgan fingerprint density at radius 2 is 1.48 bits per heavy atom. The number of thioether (sulfide) groups is 1. The SMILES string of the molecule is CCCCC(=O)Nc1ccc(SCC(=O)Nc2ccc(Br)cc2)cc1. The molecule has 2 aromatic carbocycles. The fraction of sp³-hybridized carbons (Fsp3) is 0.263. The molecule has 0 bridgehead atoms. The number of halogens is 1. The van der Waals surface area contributed by atoms with Crippen molar-refractivity contribution in [3.05, 3.63) is 53.0 Å². The van der Waals surface area contributed by atoms with Crippen molar-refractivity contribution < 1.29 is 9.59 Å². The minimum absolute atomic E-state index is 0.0381. The second kappa shape index (κ2) is 10.3. The predicted octanol–water partition coefficient (Wildman–Crippen LogP) is 5.31. The van der Waals surface area contributed by atoms with E-state index >= 15 is 0 Å². The Bertz CT molecular complexity index is 702. The first-order valence-electron chi connectivity index (χ1n) is 8.15. The number of rotatable bonds is 8. The van der Waals surface area contributed by atoms with Gasteiger partial charge < -0.3 is 10.6 Å². The quantitative estimate of drug-likeness (QED) is 0.568. The van der Waals surface area contributed by atoms with Gasteiger partial charge in [0.2, 0.25) is 11.8 Å². The molecule has 0 aliphatic rings. The van der Waals surface area contributed by atoms with E-state index in [1.165, 1.54) is 11.8 Å². The molecule has 25 heavy (non-hydrogen) atoms. The molecule has 0 radical (unpaired) electrons. The molecule has 2 N–H and O–H groups in total. The lowest BCUT2D eigenvalue weighted by atomic mass is 10.2. The Balaban J connectivity index is 1.77. The molecule has 2 aromatic rings. The molecule has 0 aliphatic carbocycles. The third-order valence-corrected chi connectivity index (χ3v) is 4.93. The average molecular weight is 421 g/mol. The smallest absolute Gasteiger partial charge is 0.234 e. The van der Waals surface area contributed by atoms with Gasteiger partial charge in [-0.05, 0) is 55.0 Å². The van der Waals surface area contributed by atoms with Gasteiger partial charge in [-0.2, -0.15) is 0 Å². The zero-order valence-electron chi connectivity index (χ0n) is 14.0. The van der Waals surface area contributed by atoms with Gasteiger partial charge in [-0.1, -0.05) is 29.3 Å². The van der Waals surface area contributed by atoms with Crippen LogP contribution in [-0.4, -0.2) is 17.6 Å². The van der Waals surface area contributed by atoms with Crippen LogP contribution in [0.1, 0.15) is 26.2 Å². The Morgan fingerprint density at radius 3 is 2.08 bits per heavy atom. The van der Waals surface area contributed by atoms with E-state index in [4.69, 9.17) is 0 Å². The fourth-order valence-corrected chi connectivity index (χ4v) is 3.04. The molecule has 4 nitrogen and oxygen atoms in total. The third-order valence-electron chi connectivity index (χ3n) is 3.39. The van der Waals surface area contributed by atoms with Crippen LogP contribution in [0.2, 0.25) is 0 Å². The number of anilines is 2. The normalized spacial score (nSPS) is 10.3. The summed E-state index contributed by atoms with van der Waals surface area (Å²) >= 11 is 4.82. The Kier molecular flexibility index (Phi) is 8.01. The fourth-order valence-electron chi connectivity index (χ4n) is 2.07. The van der Waals surface area contributed by atoms with E-state index in [9.17, 15) is 9.59 Å². The van der Waals surface area contributed by atoms with Crippen LogP contribution in [0.5, 0.6) is 0 Å². The molecule has 0 aromatic heterocycles. The minimum Gasteiger partial charge on any atom is -0.326 e. The summed E-state index contributed by atoms with van der Waals surface area (Å²) < 4.78 is 0.974. The first-order valence-corrected chi connectivity index (χ1v) is 9.93. The maximum Gasteiger partial charge on any atom is 0.234 e. The zero-order valence-corrected chi connectivity index (χ0v) is 16.5. The molecular formula is C19H21BrN2O2S. The number of hydrogen-bond donors (Lipinski definition) is 2. The monoisotopic (exact) mass is 420 g/mol. The highest BCUT2D eigenvalue weighted by Gasteiger charge is 2.05. The lowest BCUT2D eigenvalue weighted by Gasteiger charge is -2.07. The van der Waals surface area contributed by atoms with Gasteiger partial charge in [0.15, 0.2) is 0 Å². The highest BCUT2D eigenvalue weighted by atomic mass is 79.9. The van der Waals surface area contributed by atoms with Crippen molar-refractivity contribution in [1.29, 1.82) is 0 Å². The second-order valence-corrected chi connectivity index (χ2v) is 7.48. The molecule has 2 amide bonds. The molecular weight excluding hydrogens is 400 g/mol. The number of carbonyl (C=O) groups is 2. The van der Waals surface area contributed by atoms with Gasteiger partial charge in [0.25, 0.3) is 0 Å². The molecule has 0 saturated heterocycles.